The van der Waals surface area contributed by atoms with E-state index in [4.69, 9.17) is 4.74 Å². The van der Waals surface area contributed by atoms with E-state index in [-0.39, 0.29) is 0 Å². The normalized spacial score (nSPS) is 16.9. The third-order valence-corrected chi connectivity index (χ3v) is 3.71. The summed E-state index contributed by atoms with van der Waals surface area (Å²) >= 11 is 0. The van der Waals surface area contributed by atoms with E-state index in [2.05, 4.69) is 32.5 Å². The number of nitrogens with zero attached hydrogens (tertiary/aromatic N) is 3. The molecule has 1 aromatic heterocycles. The lowest BCUT2D eigenvalue weighted by Crippen LogP contribution is -2.24. The molecular weight excluding hydrogens is 254 g/mol. The van der Waals surface area contributed by atoms with Gasteiger partial charge in [-0.2, -0.15) is 15.0 Å². The van der Waals surface area contributed by atoms with E-state index < -0.39 is 0 Å². The molecule has 1 aliphatic rings. The quantitative estimate of drug-likeness (QED) is 0.799. The van der Waals surface area contributed by atoms with Gasteiger partial charge in [0.1, 0.15) is 0 Å². The van der Waals surface area contributed by atoms with Gasteiger partial charge in [-0.25, -0.2) is 0 Å². The summed E-state index contributed by atoms with van der Waals surface area (Å²) in [6.45, 7) is 8.47. The van der Waals surface area contributed by atoms with Crippen LogP contribution in [0.2, 0.25) is 0 Å². The topological polar surface area (TPSA) is 72.0 Å². The molecule has 1 aliphatic carbocycles. The third-order valence-electron chi connectivity index (χ3n) is 3.71. The van der Waals surface area contributed by atoms with Crippen molar-refractivity contribution in [2.45, 2.75) is 46.5 Å². The lowest BCUT2D eigenvalue weighted by molar-refractivity contribution is 0.312. The first-order valence-electron chi connectivity index (χ1n) is 7.52. The molecule has 0 saturated heterocycles. The predicted octanol–water partition coefficient (Wildman–Crippen LogP) is 2.69. The number of hydrogen-bond acceptors (Lipinski definition) is 6. The minimum Gasteiger partial charge on any atom is -0.464 e. The van der Waals surface area contributed by atoms with Gasteiger partial charge in [0.2, 0.25) is 11.9 Å². The van der Waals surface area contributed by atoms with Gasteiger partial charge in [-0.3, -0.25) is 0 Å². The zero-order valence-electron chi connectivity index (χ0n) is 12.7. The van der Waals surface area contributed by atoms with E-state index in [1.54, 1.807) is 0 Å². The summed E-state index contributed by atoms with van der Waals surface area (Å²) in [5.41, 5.74) is 0.358. The molecule has 6 nitrogen and oxygen atoms in total. The van der Waals surface area contributed by atoms with Crippen molar-refractivity contribution < 1.29 is 4.74 Å². The Bertz CT molecular complexity index is 407. The van der Waals surface area contributed by atoms with Gasteiger partial charge in [-0.05, 0) is 32.1 Å². The Morgan fingerprint density at radius 2 is 1.70 bits per heavy atom. The van der Waals surface area contributed by atoms with Gasteiger partial charge in [0.05, 0.1) is 6.61 Å². The first-order chi connectivity index (χ1) is 9.65. The van der Waals surface area contributed by atoms with Crippen LogP contribution >= 0.6 is 0 Å². The number of hydrogen-bond donors (Lipinski definition) is 2. The Balaban J connectivity index is 2.05. The van der Waals surface area contributed by atoms with E-state index in [0.29, 0.717) is 29.9 Å². The highest BCUT2D eigenvalue weighted by Crippen LogP contribution is 2.37. The Kier molecular flexibility index (Phi) is 4.98. The number of nitrogens with one attached hydrogen (secondary N) is 2. The van der Waals surface area contributed by atoms with Crippen LogP contribution in [-0.2, 0) is 0 Å². The van der Waals surface area contributed by atoms with Crippen molar-refractivity contribution in [3.8, 4) is 6.01 Å². The highest BCUT2D eigenvalue weighted by atomic mass is 16.5. The second-order valence-electron chi connectivity index (χ2n) is 5.60. The molecule has 112 valence electrons. The van der Waals surface area contributed by atoms with Crippen LogP contribution in [0.3, 0.4) is 0 Å². The molecule has 0 bridgehead atoms. The van der Waals surface area contributed by atoms with Crippen LogP contribution in [0.1, 0.15) is 46.5 Å². The molecule has 0 atom stereocenters. The Hall–Kier alpha value is -1.59. The van der Waals surface area contributed by atoms with Crippen molar-refractivity contribution in [3.63, 3.8) is 0 Å². The molecule has 0 spiro atoms. The van der Waals surface area contributed by atoms with Crippen molar-refractivity contribution in [2.24, 2.45) is 5.41 Å². The molecule has 0 aromatic carbocycles. The monoisotopic (exact) mass is 279 g/mol. The maximum absolute atomic E-state index is 5.39. The molecule has 1 aromatic rings. The summed E-state index contributed by atoms with van der Waals surface area (Å²) in [5.74, 6) is 1.15. The Morgan fingerprint density at radius 3 is 2.30 bits per heavy atom. The van der Waals surface area contributed by atoms with Crippen LogP contribution in [0.5, 0.6) is 6.01 Å². The third kappa shape index (κ3) is 3.95. The minimum absolute atomic E-state index is 0.358. The van der Waals surface area contributed by atoms with Gasteiger partial charge < -0.3 is 15.4 Å². The van der Waals surface area contributed by atoms with Gasteiger partial charge in [0, 0.05) is 13.1 Å². The minimum atomic E-state index is 0.358. The predicted molar refractivity (Wildman–Crippen MR) is 80.2 cm³/mol. The Morgan fingerprint density at radius 1 is 1.05 bits per heavy atom. The van der Waals surface area contributed by atoms with Crippen LogP contribution in [0.25, 0.3) is 0 Å². The van der Waals surface area contributed by atoms with Crippen LogP contribution in [0.4, 0.5) is 11.9 Å². The molecule has 2 N–H and O–H groups in total. The fraction of sp³-hybridized carbons (Fsp3) is 0.786. The van der Waals surface area contributed by atoms with Gasteiger partial charge in [0.25, 0.3) is 0 Å². The largest absolute Gasteiger partial charge is 0.464 e. The zero-order chi connectivity index (χ0) is 14.4. The van der Waals surface area contributed by atoms with Crippen molar-refractivity contribution in [1.29, 1.82) is 0 Å². The molecule has 1 fully saturated rings. The van der Waals surface area contributed by atoms with Gasteiger partial charge >= 0.3 is 6.01 Å². The number of anilines is 2. The fourth-order valence-corrected chi connectivity index (χ4v) is 2.56. The molecule has 2 rings (SSSR count). The summed E-state index contributed by atoms with van der Waals surface area (Å²) < 4.78 is 5.39. The lowest BCUT2D eigenvalue weighted by atomic mass is 9.89. The summed E-state index contributed by atoms with van der Waals surface area (Å²) in [4.78, 5) is 12.9. The molecule has 0 aliphatic heterocycles. The summed E-state index contributed by atoms with van der Waals surface area (Å²) in [6, 6.07) is 0.373. The first-order valence-corrected chi connectivity index (χ1v) is 7.52. The molecule has 0 unspecified atom stereocenters. The van der Waals surface area contributed by atoms with E-state index in [0.717, 1.165) is 13.1 Å². The van der Waals surface area contributed by atoms with Gasteiger partial charge in [-0.15, -0.1) is 0 Å². The number of ether oxygens (including phenoxy) is 1. The second kappa shape index (κ2) is 6.72. The molecule has 1 saturated carbocycles. The maximum Gasteiger partial charge on any atom is 0.323 e. The van der Waals surface area contributed by atoms with E-state index >= 15 is 0 Å². The summed E-state index contributed by atoms with van der Waals surface area (Å²) in [7, 11) is 0. The lowest BCUT2D eigenvalue weighted by Gasteiger charge is -2.23. The Labute approximate surface area is 120 Å². The van der Waals surface area contributed by atoms with E-state index in [1.165, 1.54) is 25.7 Å². The van der Waals surface area contributed by atoms with Crippen LogP contribution < -0.4 is 15.4 Å². The van der Waals surface area contributed by atoms with Crippen LogP contribution in [0.15, 0.2) is 0 Å². The van der Waals surface area contributed by atoms with Crippen molar-refractivity contribution in [1.82, 2.24) is 15.0 Å². The van der Waals surface area contributed by atoms with E-state index in [9.17, 15) is 0 Å². The van der Waals surface area contributed by atoms with Crippen molar-refractivity contribution in [3.05, 3.63) is 0 Å². The first kappa shape index (κ1) is 14.8. The maximum atomic E-state index is 5.39. The van der Waals surface area contributed by atoms with Crippen molar-refractivity contribution in [2.75, 3.05) is 30.3 Å². The summed E-state index contributed by atoms with van der Waals surface area (Å²) in [5, 5.41) is 6.44. The smallest absolute Gasteiger partial charge is 0.323 e. The fourth-order valence-electron chi connectivity index (χ4n) is 2.56. The standard InChI is InChI=1S/C14H25N5O/c1-4-15-11-17-12(19-13(18-11)20-5-2)16-10-14(3)8-6-7-9-14/h4-10H2,1-3H3,(H2,15,16,17,18,19). The van der Waals surface area contributed by atoms with Crippen LogP contribution in [0, 0.1) is 5.41 Å². The second-order valence-corrected chi connectivity index (χ2v) is 5.60. The average molecular weight is 279 g/mol. The SMILES string of the molecule is CCNc1nc(NCC2(C)CCCC2)nc(OCC)n1. The molecular formula is C14H25N5O. The van der Waals surface area contributed by atoms with Gasteiger partial charge in [-0.1, -0.05) is 19.8 Å². The highest BCUT2D eigenvalue weighted by molar-refractivity contribution is 5.36. The van der Waals surface area contributed by atoms with E-state index in [1.807, 2.05) is 13.8 Å². The molecule has 0 amide bonds. The molecule has 20 heavy (non-hydrogen) atoms. The molecule has 6 heteroatoms. The zero-order valence-corrected chi connectivity index (χ0v) is 12.7. The highest BCUT2D eigenvalue weighted by Gasteiger charge is 2.28. The van der Waals surface area contributed by atoms with Crippen molar-refractivity contribution >= 4 is 11.9 Å². The van der Waals surface area contributed by atoms with Gasteiger partial charge in [0.15, 0.2) is 0 Å². The number of aromatic nitrogens is 3. The number of rotatable bonds is 7. The molecule has 1 heterocycles. The summed E-state index contributed by atoms with van der Waals surface area (Å²) in [6.07, 6.45) is 5.18. The van der Waals surface area contributed by atoms with Crippen LogP contribution in [-0.4, -0.2) is 34.6 Å². The average Bonchev–Trinajstić information content (AvgIpc) is 2.85. The molecule has 0 radical (unpaired) electrons.